The lowest BCUT2D eigenvalue weighted by Crippen LogP contribution is -2.43. The van der Waals surface area contributed by atoms with Crippen LogP contribution in [-0.4, -0.2) is 39.5 Å². The maximum Gasteiger partial charge on any atom is 0.326 e. The number of hydrogen-bond donors (Lipinski definition) is 2. The normalized spacial score (nSPS) is 28.4. The average molecular weight is 276 g/mol. The molecule has 1 aromatic heterocycles. The Morgan fingerprint density at radius 1 is 1.35 bits per heavy atom. The van der Waals surface area contributed by atoms with Crippen LogP contribution < -0.4 is 5.56 Å². The van der Waals surface area contributed by atoms with Crippen molar-refractivity contribution in [1.82, 2.24) is 9.88 Å². The highest BCUT2D eigenvalue weighted by Crippen LogP contribution is 2.42. The van der Waals surface area contributed by atoms with Crippen LogP contribution >= 0.6 is 0 Å². The molecule has 0 bridgehead atoms. The van der Waals surface area contributed by atoms with Gasteiger partial charge in [-0.3, -0.25) is 9.59 Å². The van der Waals surface area contributed by atoms with Crippen LogP contribution in [-0.2, 0) is 4.79 Å². The summed E-state index contributed by atoms with van der Waals surface area (Å²) in [6, 6.07) is 1.97. The number of likely N-dealkylation sites (tertiary alicyclic amines) is 1. The van der Waals surface area contributed by atoms with E-state index in [9.17, 15) is 19.5 Å². The monoisotopic (exact) mass is 276 g/mol. The van der Waals surface area contributed by atoms with Gasteiger partial charge in [0.1, 0.15) is 6.04 Å². The number of fused-ring (bicyclic) bond motifs is 1. The summed E-state index contributed by atoms with van der Waals surface area (Å²) in [6.07, 6.45) is 4.28. The summed E-state index contributed by atoms with van der Waals surface area (Å²) in [6.45, 7) is 0.479. The number of aromatic nitrogens is 1. The maximum atomic E-state index is 12.5. The van der Waals surface area contributed by atoms with Gasteiger partial charge in [-0.15, -0.1) is 0 Å². The summed E-state index contributed by atoms with van der Waals surface area (Å²) in [5, 5.41) is 9.42. The number of carboxylic acids is 1. The molecule has 3 unspecified atom stereocenters. The van der Waals surface area contributed by atoms with Gasteiger partial charge in [-0.05, 0) is 30.7 Å². The van der Waals surface area contributed by atoms with Crippen molar-refractivity contribution in [3.05, 3.63) is 34.2 Å². The van der Waals surface area contributed by atoms with Crippen molar-refractivity contribution in [2.24, 2.45) is 11.8 Å². The molecule has 2 aliphatic rings. The molecule has 3 atom stereocenters. The molecule has 20 heavy (non-hydrogen) atoms. The molecular formula is C14H16N2O4. The van der Waals surface area contributed by atoms with Crippen molar-refractivity contribution < 1.29 is 14.7 Å². The van der Waals surface area contributed by atoms with Crippen LogP contribution in [0, 0.1) is 11.8 Å². The Morgan fingerprint density at radius 3 is 2.85 bits per heavy atom. The molecule has 2 N–H and O–H groups in total. The van der Waals surface area contributed by atoms with Gasteiger partial charge >= 0.3 is 5.97 Å². The van der Waals surface area contributed by atoms with Crippen molar-refractivity contribution in [2.45, 2.75) is 25.3 Å². The third-order valence-corrected chi connectivity index (χ3v) is 4.43. The summed E-state index contributed by atoms with van der Waals surface area (Å²) < 4.78 is 0. The summed E-state index contributed by atoms with van der Waals surface area (Å²) in [5.41, 5.74) is -0.109. The number of rotatable bonds is 2. The second-order valence-electron chi connectivity index (χ2n) is 5.54. The Kier molecular flexibility index (Phi) is 3.08. The highest BCUT2D eigenvalue weighted by molar-refractivity contribution is 5.97. The molecule has 1 aliphatic carbocycles. The first-order valence-electron chi connectivity index (χ1n) is 6.80. The Labute approximate surface area is 115 Å². The summed E-state index contributed by atoms with van der Waals surface area (Å²) in [4.78, 5) is 39.1. The largest absolute Gasteiger partial charge is 0.480 e. The fourth-order valence-corrected chi connectivity index (χ4v) is 3.57. The third-order valence-electron chi connectivity index (χ3n) is 4.43. The van der Waals surface area contributed by atoms with Crippen LogP contribution in [0.2, 0.25) is 0 Å². The van der Waals surface area contributed by atoms with E-state index in [1.54, 1.807) is 0 Å². The second kappa shape index (κ2) is 4.77. The van der Waals surface area contributed by atoms with Gasteiger partial charge in [0.2, 0.25) is 5.56 Å². The molecule has 106 valence electrons. The molecule has 0 aromatic carbocycles. The molecular weight excluding hydrogens is 260 g/mol. The van der Waals surface area contributed by atoms with Gasteiger partial charge in [0.15, 0.2) is 0 Å². The molecule has 1 saturated heterocycles. The van der Waals surface area contributed by atoms with Crippen LogP contribution in [0.25, 0.3) is 0 Å². The first-order chi connectivity index (χ1) is 9.58. The lowest BCUT2D eigenvalue weighted by Gasteiger charge is -2.24. The van der Waals surface area contributed by atoms with Gasteiger partial charge in [0.05, 0.1) is 0 Å². The molecule has 1 aliphatic heterocycles. The van der Waals surface area contributed by atoms with Gasteiger partial charge < -0.3 is 15.0 Å². The van der Waals surface area contributed by atoms with E-state index in [0.29, 0.717) is 6.54 Å². The molecule has 1 aromatic rings. The van der Waals surface area contributed by atoms with Gasteiger partial charge in [-0.2, -0.15) is 0 Å². The number of aliphatic carboxylic acids is 1. The fraction of sp³-hybridized carbons (Fsp3) is 0.500. The first-order valence-corrected chi connectivity index (χ1v) is 6.80. The van der Waals surface area contributed by atoms with Crippen molar-refractivity contribution in [1.29, 1.82) is 0 Å². The number of carbonyl (C=O) groups excluding carboxylic acids is 1. The van der Waals surface area contributed by atoms with E-state index in [1.165, 1.54) is 23.2 Å². The number of hydrogen-bond acceptors (Lipinski definition) is 3. The molecule has 6 heteroatoms. The minimum absolute atomic E-state index is 0.0541. The van der Waals surface area contributed by atoms with E-state index in [4.69, 9.17) is 0 Å². The predicted molar refractivity (Wildman–Crippen MR) is 70.4 cm³/mol. The van der Waals surface area contributed by atoms with Gasteiger partial charge in [0.25, 0.3) is 5.91 Å². The lowest BCUT2D eigenvalue weighted by molar-refractivity contribution is -0.142. The molecule has 6 nitrogen and oxygen atoms in total. The topological polar surface area (TPSA) is 90.5 Å². The Morgan fingerprint density at radius 2 is 2.15 bits per heavy atom. The zero-order valence-corrected chi connectivity index (χ0v) is 10.9. The molecule has 0 radical (unpaired) electrons. The number of aromatic amines is 1. The van der Waals surface area contributed by atoms with Gasteiger partial charge in [-0.1, -0.05) is 6.42 Å². The number of carboxylic acid groups (broad SMARTS) is 1. The number of carbonyl (C=O) groups is 2. The SMILES string of the molecule is O=C(O)C1C2CCCC2CN1C(=O)c1cc[nH]c(=O)c1. The van der Waals surface area contributed by atoms with Crippen molar-refractivity contribution in [2.75, 3.05) is 6.54 Å². The molecule has 2 fully saturated rings. The first kappa shape index (κ1) is 12.9. The molecule has 0 spiro atoms. The number of nitrogens with one attached hydrogen (secondary N) is 1. The Bertz CT molecular complexity index is 609. The Hall–Kier alpha value is -2.11. The smallest absolute Gasteiger partial charge is 0.326 e. The van der Waals surface area contributed by atoms with Crippen LogP contribution in [0.5, 0.6) is 0 Å². The molecule has 2 heterocycles. The minimum Gasteiger partial charge on any atom is -0.480 e. The van der Waals surface area contributed by atoms with E-state index in [0.717, 1.165) is 19.3 Å². The standard InChI is InChI=1S/C14H16N2O4/c17-11-6-8(4-5-15-11)13(18)16-7-9-2-1-3-10(9)12(16)14(19)20/h4-6,9-10,12H,1-3,7H2,(H,15,17)(H,19,20). The zero-order chi connectivity index (χ0) is 14.3. The summed E-state index contributed by atoms with van der Waals surface area (Å²) in [7, 11) is 0. The average Bonchev–Trinajstić information content (AvgIpc) is 2.96. The molecule has 1 saturated carbocycles. The number of H-pyrrole nitrogens is 1. The second-order valence-corrected chi connectivity index (χ2v) is 5.54. The lowest BCUT2D eigenvalue weighted by atomic mass is 9.94. The van der Waals surface area contributed by atoms with E-state index >= 15 is 0 Å². The summed E-state index contributed by atoms with van der Waals surface area (Å²) in [5.74, 6) is -0.976. The van der Waals surface area contributed by atoms with Crippen LogP contribution in [0.15, 0.2) is 23.1 Å². The number of nitrogens with zero attached hydrogens (tertiary/aromatic N) is 1. The number of amides is 1. The molecule has 1 amide bonds. The van der Waals surface area contributed by atoms with Crippen LogP contribution in [0.3, 0.4) is 0 Å². The zero-order valence-electron chi connectivity index (χ0n) is 10.9. The third kappa shape index (κ3) is 2.01. The quantitative estimate of drug-likeness (QED) is 0.832. The predicted octanol–water partition coefficient (Wildman–Crippen LogP) is 0.700. The van der Waals surface area contributed by atoms with Crippen molar-refractivity contribution in [3.8, 4) is 0 Å². The highest BCUT2D eigenvalue weighted by Gasteiger charge is 2.49. The fourth-order valence-electron chi connectivity index (χ4n) is 3.57. The van der Waals surface area contributed by atoms with Crippen LogP contribution in [0.1, 0.15) is 29.6 Å². The van der Waals surface area contributed by atoms with Gasteiger partial charge in [-0.25, -0.2) is 4.79 Å². The summed E-state index contributed by atoms with van der Waals surface area (Å²) >= 11 is 0. The maximum absolute atomic E-state index is 12.5. The van der Waals surface area contributed by atoms with E-state index in [2.05, 4.69) is 4.98 Å². The molecule has 3 rings (SSSR count). The number of pyridine rings is 1. The van der Waals surface area contributed by atoms with E-state index in [1.807, 2.05) is 0 Å². The van der Waals surface area contributed by atoms with E-state index in [-0.39, 0.29) is 28.9 Å². The van der Waals surface area contributed by atoms with Crippen LogP contribution in [0.4, 0.5) is 0 Å². The minimum atomic E-state index is -0.947. The van der Waals surface area contributed by atoms with Crippen molar-refractivity contribution >= 4 is 11.9 Å². The Balaban J connectivity index is 1.91. The van der Waals surface area contributed by atoms with Crippen molar-refractivity contribution in [3.63, 3.8) is 0 Å². The van der Waals surface area contributed by atoms with E-state index < -0.39 is 12.0 Å². The highest BCUT2D eigenvalue weighted by atomic mass is 16.4. The van der Waals surface area contributed by atoms with Gasteiger partial charge in [0, 0.05) is 24.4 Å².